The molecule has 154 valence electrons. The van der Waals surface area contributed by atoms with Crippen LogP contribution in [0.1, 0.15) is 5.56 Å². The number of hydrogen-bond donors (Lipinski definition) is 1. The standard InChI is InChI=1S/C24H19FN4OS/c25-22-6-3-17(13-18(22)15-26)20-7-8-27-24-21(20)14-23(29(24)31)16-1-4-19(5-2-16)28-9-11-30-12-10-28/h1-8,13-14,31H,9-12H2. The van der Waals surface area contributed by atoms with Crippen LogP contribution in [0.15, 0.2) is 60.8 Å². The number of ether oxygens (including phenoxy) is 1. The third-order valence-electron chi connectivity index (χ3n) is 5.62. The molecule has 0 atom stereocenters. The molecule has 0 radical (unpaired) electrons. The van der Waals surface area contributed by atoms with Gasteiger partial charge >= 0.3 is 0 Å². The molecule has 0 bridgehead atoms. The van der Waals surface area contributed by atoms with Crippen molar-refractivity contribution in [3.8, 4) is 28.5 Å². The van der Waals surface area contributed by atoms with Gasteiger partial charge in [-0.2, -0.15) is 5.26 Å². The zero-order valence-electron chi connectivity index (χ0n) is 16.6. The van der Waals surface area contributed by atoms with Crippen molar-refractivity contribution in [2.75, 3.05) is 31.2 Å². The van der Waals surface area contributed by atoms with Crippen LogP contribution in [0, 0.1) is 17.1 Å². The van der Waals surface area contributed by atoms with Gasteiger partial charge in [-0.05, 0) is 53.1 Å². The van der Waals surface area contributed by atoms with Crippen molar-refractivity contribution < 1.29 is 9.13 Å². The van der Waals surface area contributed by atoms with Gasteiger partial charge in [-0.25, -0.2) is 9.37 Å². The average molecular weight is 431 g/mol. The van der Waals surface area contributed by atoms with Crippen molar-refractivity contribution in [1.29, 1.82) is 5.26 Å². The van der Waals surface area contributed by atoms with Crippen LogP contribution in [0.3, 0.4) is 0 Å². The van der Waals surface area contributed by atoms with Gasteiger partial charge in [-0.1, -0.05) is 31.0 Å². The molecular weight excluding hydrogens is 411 g/mol. The van der Waals surface area contributed by atoms with Crippen LogP contribution in [0.25, 0.3) is 33.4 Å². The van der Waals surface area contributed by atoms with Crippen LogP contribution < -0.4 is 4.90 Å². The minimum Gasteiger partial charge on any atom is -0.378 e. The fraction of sp³-hybridized carbons (Fsp3) is 0.167. The second-order valence-corrected chi connectivity index (χ2v) is 7.79. The lowest BCUT2D eigenvalue weighted by Gasteiger charge is -2.28. The summed E-state index contributed by atoms with van der Waals surface area (Å²) in [6, 6.07) is 18.8. The number of halogens is 1. The highest BCUT2D eigenvalue weighted by Gasteiger charge is 2.16. The summed E-state index contributed by atoms with van der Waals surface area (Å²) in [6.45, 7) is 3.28. The molecule has 31 heavy (non-hydrogen) atoms. The highest BCUT2D eigenvalue weighted by Crippen LogP contribution is 2.35. The Morgan fingerprint density at radius 1 is 1.00 bits per heavy atom. The van der Waals surface area contributed by atoms with Crippen molar-refractivity contribution in [2.45, 2.75) is 0 Å². The first kappa shape index (κ1) is 19.6. The van der Waals surface area contributed by atoms with Crippen LogP contribution in [-0.4, -0.2) is 35.3 Å². The number of thiol groups is 1. The summed E-state index contributed by atoms with van der Waals surface area (Å²) in [7, 11) is 0. The van der Waals surface area contributed by atoms with Crippen molar-refractivity contribution in [1.82, 2.24) is 8.96 Å². The second kappa shape index (κ2) is 8.06. The van der Waals surface area contributed by atoms with Gasteiger partial charge in [0.05, 0.1) is 24.5 Å². The third-order valence-corrected chi connectivity index (χ3v) is 6.02. The number of aromatic nitrogens is 2. The summed E-state index contributed by atoms with van der Waals surface area (Å²) in [4.78, 5) is 6.80. The van der Waals surface area contributed by atoms with E-state index in [2.05, 4.69) is 47.0 Å². The maximum absolute atomic E-state index is 13.8. The van der Waals surface area contributed by atoms with E-state index in [1.165, 1.54) is 11.8 Å². The smallest absolute Gasteiger partial charge is 0.150 e. The molecule has 2 aromatic carbocycles. The maximum Gasteiger partial charge on any atom is 0.150 e. The zero-order valence-corrected chi connectivity index (χ0v) is 17.5. The Balaban J connectivity index is 1.56. The van der Waals surface area contributed by atoms with Crippen LogP contribution in [0.2, 0.25) is 0 Å². The van der Waals surface area contributed by atoms with Crippen LogP contribution in [0.5, 0.6) is 0 Å². The topological polar surface area (TPSA) is 54.1 Å². The zero-order chi connectivity index (χ0) is 21.4. The predicted octanol–water partition coefficient (Wildman–Crippen LogP) is 4.91. The molecule has 2 aromatic heterocycles. The highest BCUT2D eigenvalue weighted by atomic mass is 32.1. The Morgan fingerprint density at radius 3 is 2.48 bits per heavy atom. The number of anilines is 1. The van der Waals surface area contributed by atoms with E-state index in [0.717, 1.165) is 54.1 Å². The molecule has 0 spiro atoms. The Bertz CT molecular complexity index is 1300. The molecule has 7 heteroatoms. The SMILES string of the molecule is N#Cc1cc(-c2ccnc3c2cc(-c2ccc(N4CCOCC4)cc2)n3S)ccc1F. The van der Waals surface area contributed by atoms with Gasteiger partial charge in [0.25, 0.3) is 0 Å². The molecule has 0 unspecified atom stereocenters. The number of benzene rings is 2. The Hall–Kier alpha value is -3.34. The molecule has 1 aliphatic heterocycles. The fourth-order valence-corrected chi connectivity index (χ4v) is 4.32. The van der Waals surface area contributed by atoms with Crippen molar-refractivity contribution in [3.05, 3.63) is 72.2 Å². The lowest BCUT2D eigenvalue weighted by molar-refractivity contribution is 0.122. The molecule has 1 aliphatic rings. The first-order chi connectivity index (χ1) is 15.2. The first-order valence-corrected chi connectivity index (χ1v) is 10.4. The first-order valence-electron chi connectivity index (χ1n) is 9.98. The lowest BCUT2D eigenvalue weighted by Crippen LogP contribution is -2.36. The number of fused-ring (bicyclic) bond motifs is 1. The van der Waals surface area contributed by atoms with Crippen molar-refractivity contribution >= 4 is 29.5 Å². The number of morpholine rings is 1. The largest absolute Gasteiger partial charge is 0.378 e. The quantitative estimate of drug-likeness (QED) is 0.469. The van der Waals surface area contributed by atoms with Gasteiger partial charge in [0.1, 0.15) is 11.9 Å². The number of nitriles is 1. The minimum atomic E-state index is -0.524. The van der Waals surface area contributed by atoms with E-state index in [1.54, 1.807) is 22.3 Å². The van der Waals surface area contributed by atoms with Crippen LogP contribution in [0.4, 0.5) is 10.1 Å². The van der Waals surface area contributed by atoms with E-state index < -0.39 is 5.82 Å². The Morgan fingerprint density at radius 2 is 1.74 bits per heavy atom. The molecule has 1 fully saturated rings. The number of pyridine rings is 1. The predicted molar refractivity (Wildman–Crippen MR) is 123 cm³/mol. The van der Waals surface area contributed by atoms with E-state index >= 15 is 0 Å². The highest BCUT2D eigenvalue weighted by molar-refractivity contribution is 7.78. The normalized spacial score (nSPS) is 14.0. The van der Waals surface area contributed by atoms with Crippen LogP contribution >= 0.6 is 12.8 Å². The van der Waals surface area contributed by atoms with Gasteiger partial charge < -0.3 is 9.64 Å². The number of rotatable bonds is 3. The van der Waals surface area contributed by atoms with Crippen molar-refractivity contribution in [3.63, 3.8) is 0 Å². The monoisotopic (exact) mass is 430 g/mol. The average Bonchev–Trinajstić information content (AvgIpc) is 3.17. The van der Waals surface area contributed by atoms with Gasteiger partial charge in [0.2, 0.25) is 0 Å². The van der Waals surface area contributed by atoms with Gasteiger partial charge in [0, 0.05) is 30.4 Å². The second-order valence-electron chi connectivity index (χ2n) is 7.39. The summed E-state index contributed by atoms with van der Waals surface area (Å²) < 4.78 is 21.0. The molecule has 0 N–H and O–H groups in total. The van der Waals surface area contributed by atoms with E-state index in [4.69, 9.17) is 4.74 Å². The molecular formula is C24H19FN4OS. The Kier molecular flexibility index (Phi) is 5.10. The molecule has 4 aromatic rings. The van der Waals surface area contributed by atoms with Crippen molar-refractivity contribution in [2.24, 2.45) is 0 Å². The molecule has 0 saturated carbocycles. The maximum atomic E-state index is 13.8. The van der Waals surface area contributed by atoms with Gasteiger partial charge in [-0.3, -0.25) is 3.97 Å². The Labute approximate surface area is 184 Å². The molecule has 5 nitrogen and oxygen atoms in total. The molecule has 5 rings (SSSR count). The summed E-state index contributed by atoms with van der Waals surface area (Å²) >= 11 is 4.68. The van der Waals surface area contributed by atoms with Crippen LogP contribution in [-0.2, 0) is 4.74 Å². The summed E-state index contributed by atoms with van der Waals surface area (Å²) in [6.07, 6.45) is 1.70. The fourth-order valence-electron chi connectivity index (χ4n) is 3.99. The van der Waals surface area contributed by atoms with E-state index in [9.17, 15) is 9.65 Å². The number of hydrogen-bond acceptors (Lipinski definition) is 5. The summed E-state index contributed by atoms with van der Waals surface area (Å²) in [5, 5.41) is 10.1. The molecule has 0 aliphatic carbocycles. The van der Waals surface area contributed by atoms with E-state index in [0.29, 0.717) is 5.65 Å². The molecule has 1 saturated heterocycles. The number of nitrogens with zero attached hydrogens (tertiary/aromatic N) is 4. The molecule has 3 heterocycles. The van der Waals surface area contributed by atoms with E-state index in [-0.39, 0.29) is 5.56 Å². The summed E-state index contributed by atoms with van der Waals surface area (Å²) in [5.41, 5.74) is 5.46. The minimum absolute atomic E-state index is 0.0201. The third kappa shape index (κ3) is 3.54. The van der Waals surface area contributed by atoms with Gasteiger partial charge in [-0.15, -0.1) is 0 Å². The van der Waals surface area contributed by atoms with Gasteiger partial charge in [0.15, 0.2) is 5.65 Å². The van der Waals surface area contributed by atoms with E-state index in [1.807, 2.05) is 18.2 Å². The lowest BCUT2D eigenvalue weighted by atomic mass is 10.0. The summed E-state index contributed by atoms with van der Waals surface area (Å²) in [5.74, 6) is -0.524. The molecule has 0 amide bonds.